The quantitative estimate of drug-likeness (QED) is 0.741. The summed E-state index contributed by atoms with van der Waals surface area (Å²) >= 11 is 0. The van der Waals surface area contributed by atoms with Crippen molar-refractivity contribution < 1.29 is 19.1 Å². The number of methoxy groups -OCH3 is 2. The maximum absolute atomic E-state index is 13.0. The Kier molecular flexibility index (Phi) is 7.72. The fraction of sp³-hybridized carbons (Fsp3) is 0.636. The van der Waals surface area contributed by atoms with Crippen molar-refractivity contribution in [3.8, 4) is 11.5 Å². The Hall–Kier alpha value is -2.24. The van der Waals surface area contributed by atoms with Gasteiger partial charge in [-0.1, -0.05) is 33.8 Å². The minimum atomic E-state index is -0.294. The highest BCUT2D eigenvalue weighted by atomic mass is 16.5. The largest absolute Gasteiger partial charge is 0.497 e. The number of benzene rings is 1. The summed E-state index contributed by atoms with van der Waals surface area (Å²) in [5, 5.41) is 3.06. The van der Waals surface area contributed by atoms with E-state index < -0.39 is 0 Å². The highest BCUT2D eigenvalue weighted by molar-refractivity contribution is 5.84. The molecule has 0 bridgehead atoms. The van der Waals surface area contributed by atoms with Gasteiger partial charge in [-0.3, -0.25) is 9.59 Å². The summed E-state index contributed by atoms with van der Waals surface area (Å²) in [6.07, 6.45) is 0.934. The monoisotopic (exact) mass is 390 g/mol. The average molecular weight is 391 g/mol. The summed E-state index contributed by atoms with van der Waals surface area (Å²) in [4.78, 5) is 27.4. The molecule has 0 unspecified atom stereocenters. The normalized spacial score (nSPS) is 19.2. The molecule has 2 atom stereocenters. The number of nitrogens with one attached hydrogen (secondary N) is 1. The van der Waals surface area contributed by atoms with Gasteiger partial charge in [0, 0.05) is 43.1 Å². The van der Waals surface area contributed by atoms with Gasteiger partial charge in [0.1, 0.15) is 11.5 Å². The van der Waals surface area contributed by atoms with Gasteiger partial charge >= 0.3 is 0 Å². The van der Waals surface area contributed by atoms with E-state index >= 15 is 0 Å². The number of hydrogen-bond donors (Lipinski definition) is 1. The topological polar surface area (TPSA) is 67.9 Å². The molecule has 0 aromatic heterocycles. The first-order valence-corrected chi connectivity index (χ1v) is 10.1. The summed E-state index contributed by atoms with van der Waals surface area (Å²) in [5.41, 5.74) is 0.936. The third kappa shape index (κ3) is 5.18. The van der Waals surface area contributed by atoms with Crippen molar-refractivity contribution in [1.82, 2.24) is 10.2 Å². The van der Waals surface area contributed by atoms with Gasteiger partial charge in [0.05, 0.1) is 20.1 Å². The fourth-order valence-electron chi connectivity index (χ4n) is 3.67. The fourth-order valence-corrected chi connectivity index (χ4v) is 3.67. The van der Waals surface area contributed by atoms with Crippen LogP contribution in [-0.2, 0) is 9.59 Å². The number of likely N-dealkylation sites (tertiary alicyclic amines) is 1. The van der Waals surface area contributed by atoms with Gasteiger partial charge in [0.15, 0.2) is 0 Å². The van der Waals surface area contributed by atoms with Gasteiger partial charge in [-0.25, -0.2) is 0 Å². The van der Waals surface area contributed by atoms with Crippen LogP contribution in [0.2, 0.25) is 0 Å². The third-order valence-corrected chi connectivity index (χ3v) is 5.32. The van der Waals surface area contributed by atoms with Gasteiger partial charge in [0.25, 0.3) is 0 Å². The zero-order valence-corrected chi connectivity index (χ0v) is 18.0. The SMILES string of the molecule is COc1ccc([C@@H]2CN(C(=O)C(C)C)C[C@@H]2C(=O)NCCC(C)C)c(OC)c1. The van der Waals surface area contributed by atoms with Crippen LogP contribution < -0.4 is 14.8 Å². The second kappa shape index (κ2) is 9.80. The Labute approximate surface area is 168 Å². The Morgan fingerprint density at radius 1 is 1.14 bits per heavy atom. The second-order valence-corrected chi connectivity index (χ2v) is 8.19. The summed E-state index contributed by atoms with van der Waals surface area (Å²) in [6, 6.07) is 5.65. The van der Waals surface area contributed by atoms with Crippen LogP contribution in [0.15, 0.2) is 18.2 Å². The van der Waals surface area contributed by atoms with Crippen LogP contribution >= 0.6 is 0 Å². The Bertz CT molecular complexity index is 687. The van der Waals surface area contributed by atoms with E-state index in [1.807, 2.05) is 36.9 Å². The Morgan fingerprint density at radius 3 is 2.43 bits per heavy atom. The Morgan fingerprint density at radius 2 is 1.86 bits per heavy atom. The molecular weight excluding hydrogens is 356 g/mol. The first-order chi connectivity index (χ1) is 13.3. The number of carbonyl (C=O) groups excluding carboxylic acids is 2. The van der Waals surface area contributed by atoms with Crippen molar-refractivity contribution >= 4 is 11.8 Å². The smallest absolute Gasteiger partial charge is 0.225 e. The predicted molar refractivity (Wildman–Crippen MR) is 110 cm³/mol. The standard InChI is InChI=1S/C22H34N2O4/c1-14(2)9-10-23-21(25)19-13-24(22(26)15(3)4)12-18(19)17-8-7-16(27-5)11-20(17)28-6/h7-8,11,14-15,18-19H,9-10,12-13H2,1-6H3,(H,23,25)/t18-,19-/m0/s1. The van der Waals surface area contributed by atoms with Crippen molar-refractivity contribution in [2.45, 2.75) is 40.0 Å². The lowest BCUT2D eigenvalue weighted by atomic mass is 9.87. The minimum Gasteiger partial charge on any atom is -0.497 e. The molecule has 0 radical (unpaired) electrons. The van der Waals surface area contributed by atoms with Gasteiger partial charge in [-0.2, -0.15) is 0 Å². The molecule has 1 aromatic rings. The molecule has 0 aliphatic carbocycles. The number of hydrogen-bond acceptors (Lipinski definition) is 4. The third-order valence-electron chi connectivity index (χ3n) is 5.32. The van der Waals surface area contributed by atoms with E-state index in [1.54, 1.807) is 14.2 Å². The molecule has 1 aliphatic heterocycles. The van der Waals surface area contributed by atoms with E-state index in [4.69, 9.17) is 9.47 Å². The summed E-state index contributed by atoms with van der Waals surface area (Å²) in [7, 11) is 3.22. The van der Waals surface area contributed by atoms with Crippen molar-refractivity contribution in [3.05, 3.63) is 23.8 Å². The lowest BCUT2D eigenvalue weighted by Crippen LogP contribution is -2.37. The van der Waals surface area contributed by atoms with E-state index in [-0.39, 0.29) is 29.6 Å². The van der Waals surface area contributed by atoms with E-state index in [1.165, 1.54) is 0 Å². The minimum absolute atomic E-state index is 0.00239. The summed E-state index contributed by atoms with van der Waals surface area (Å²) in [6.45, 7) is 9.65. The highest BCUT2D eigenvalue weighted by Crippen LogP contribution is 2.39. The first kappa shape index (κ1) is 22.1. The molecular formula is C22H34N2O4. The molecule has 2 amide bonds. The number of carbonyl (C=O) groups is 2. The molecule has 1 saturated heterocycles. The van der Waals surface area contributed by atoms with Crippen molar-refractivity contribution in [3.63, 3.8) is 0 Å². The van der Waals surface area contributed by atoms with Crippen molar-refractivity contribution in [2.24, 2.45) is 17.8 Å². The van der Waals surface area contributed by atoms with Gasteiger partial charge in [-0.05, 0) is 18.4 Å². The van der Waals surface area contributed by atoms with Crippen LogP contribution in [-0.4, -0.2) is 50.6 Å². The summed E-state index contributed by atoms with van der Waals surface area (Å²) < 4.78 is 10.9. The molecule has 2 rings (SSSR count). The molecule has 1 aliphatic rings. The molecule has 28 heavy (non-hydrogen) atoms. The number of amides is 2. The molecule has 1 fully saturated rings. The lowest BCUT2D eigenvalue weighted by Gasteiger charge is -2.21. The molecule has 6 heteroatoms. The first-order valence-electron chi connectivity index (χ1n) is 10.1. The molecule has 1 heterocycles. The molecule has 1 N–H and O–H groups in total. The van der Waals surface area contributed by atoms with E-state index in [2.05, 4.69) is 19.2 Å². The highest BCUT2D eigenvalue weighted by Gasteiger charge is 2.41. The average Bonchev–Trinajstić information content (AvgIpc) is 3.11. The van der Waals surface area contributed by atoms with Crippen LogP contribution in [0.25, 0.3) is 0 Å². The van der Waals surface area contributed by atoms with Crippen LogP contribution in [0, 0.1) is 17.8 Å². The maximum atomic E-state index is 13.0. The maximum Gasteiger partial charge on any atom is 0.225 e. The predicted octanol–water partition coefficient (Wildman–Crippen LogP) is 3.06. The zero-order chi connectivity index (χ0) is 20.8. The van der Waals surface area contributed by atoms with Crippen molar-refractivity contribution in [2.75, 3.05) is 33.9 Å². The number of rotatable bonds is 8. The van der Waals surface area contributed by atoms with E-state index in [9.17, 15) is 9.59 Å². The molecule has 0 spiro atoms. The van der Waals surface area contributed by atoms with Gasteiger partial charge in [0.2, 0.25) is 11.8 Å². The van der Waals surface area contributed by atoms with E-state index in [0.29, 0.717) is 37.1 Å². The Balaban J connectivity index is 2.29. The van der Waals surface area contributed by atoms with Gasteiger partial charge in [-0.15, -0.1) is 0 Å². The van der Waals surface area contributed by atoms with Crippen LogP contribution in [0.4, 0.5) is 0 Å². The van der Waals surface area contributed by atoms with Crippen molar-refractivity contribution in [1.29, 1.82) is 0 Å². The van der Waals surface area contributed by atoms with Crippen LogP contribution in [0.1, 0.15) is 45.6 Å². The lowest BCUT2D eigenvalue weighted by molar-refractivity contribution is -0.133. The number of nitrogens with zero attached hydrogens (tertiary/aromatic N) is 1. The molecule has 1 aromatic carbocycles. The summed E-state index contributed by atoms with van der Waals surface area (Å²) in [5.74, 6) is 1.49. The molecule has 156 valence electrons. The van der Waals surface area contributed by atoms with E-state index in [0.717, 1.165) is 12.0 Å². The van der Waals surface area contributed by atoms with Gasteiger partial charge < -0.3 is 19.7 Å². The second-order valence-electron chi connectivity index (χ2n) is 8.19. The van der Waals surface area contributed by atoms with Crippen LogP contribution in [0.5, 0.6) is 11.5 Å². The molecule has 0 saturated carbocycles. The zero-order valence-electron chi connectivity index (χ0n) is 18.0. The van der Waals surface area contributed by atoms with Crippen LogP contribution in [0.3, 0.4) is 0 Å². The number of ether oxygens (including phenoxy) is 2. The molecule has 6 nitrogen and oxygen atoms in total.